The highest BCUT2D eigenvalue weighted by molar-refractivity contribution is 5.78. The molecule has 4 heteroatoms. The second-order valence-electron chi connectivity index (χ2n) is 5.79. The van der Waals surface area contributed by atoms with E-state index in [0.717, 1.165) is 27.9 Å². The maximum atomic E-state index is 9.51. The van der Waals surface area contributed by atoms with Gasteiger partial charge in [-0.15, -0.1) is 0 Å². The number of nitrogens with zero attached hydrogens (tertiary/aromatic N) is 1. The molecule has 4 nitrogen and oxygen atoms in total. The van der Waals surface area contributed by atoms with Gasteiger partial charge in [0, 0.05) is 17.3 Å². The molecule has 25 heavy (non-hydrogen) atoms. The van der Waals surface area contributed by atoms with Crippen molar-refractivity contribution in [3.8, 4) is 17.2 Å². The van der Waals surface area contributed by atoms with Crippen LogP contribution in [0.15, 0.2) is 71.1 Å². The molecule has 0 aliphatic rings. The van der Waals surface area contributed by atoms with Crippen molar-refractivity contribution in [3.63, 3.8) is 0 Å². The maximum absolute atomic E-state index is 9.51. The lowest BCUT2D eigenvalue weighted by atomic mass is 10.1. The fraction of sp³-hybridized carbons (Fsp3) is 0. The van der Waals surface area contributed by atoms with Gasteiger partial charge in [0.1, 0.15) is 11.3 Å². The number of aromatic hydroxyl groups is 1. The Kier molecular flexibility index (Phi) is 3.71. The second kappa shape index (κ2) is 6.17. The third-order valence-electron chi connectivity index (χ3n) is 3.93. The normalized spacial score (nSPS) is 11.4. The first kappa shape index (κ1) is 15.0. The summed E-state index contributed by atoms with van der Waals surface area (Å²) in [5, 5.41) is 9.51. The molecule has 3 aromatic carbocycles. The lowest BCUT2D eigenvalue weighted by Crippen LogP contribution is -1.82. The summed E-state index contributed by atoms with van der Waals surface area (Å²) >= 11 is 0. The predicted molar refractivity (Wildman–Crippen MR) is 101 cm³/mol. The fourth-order valence-corrected chi connectivity index (χ4v) is 2.57. The quantitative estimate of drug-likeness (QED) is 0.412. The average Bonchev–Trinajstić information content (AvgIpc) is 3.05. The molecule has 1 heterocycles. The molecule has 0 spiro atoms. The van der Waals surface area contributed by atoms with E-state index in [0.29, 0.717) is 11.5 Å². The van der Waals surface area contributed by atoms with Gasteiger partial charge in [0.2, 0.25) is 5.89 Å². The van der Waals surface area contributed by atoms with Crippen molar-refractivity contribution >= 4 is 28.9 Å². The molecule has 122 valence electrons. The summed E-state index contributed by atoms with van der Waals surface area (Å²) in [4.78, 5) is 4.45. The van der Waals surface area contributed by atoms with E-state index in [1.54, 1.807) is 18.2 Å². The largest absolute Gasteiger partial charge is 0.508 e. The standard InChI is InChI=1S/C21H16N2O2/c22-17-9-5-15(6-10-17)2-1-14-3-7-16(8-4-14)21-23-19-12-11-18(24)13-20(19)25-21/h1-13,24H,22H2/b2-1+. The van der Waals surface area contributed by atoms with Crippen LogP contribution in [0.2, 0.25) is 0 Å². The van der Waals surface area contributed by atoms with Gasteiger partial charge < -0.3 is 15.3 Å². The zero-order valence-corrected chi connectivity index (χ0v) is 13.4. The van der Waals surface area contributed by atoms with E-state index in [9.17, 15) is 5.11 Å². The Morgan fingerprint density at radius 2 is 1.48 bits per heavy atom. The first-order chi connectivity index (χ1) is 12.2. The lowest BCUT2D eigenvalue weighted by Gasteiger charge is -1.98. The van der Waals surface area contributed by atoms with Crippen LogP contribution >= 0.6 is 0 Å². The lowest BCUT2D eigenvalue weighted by molar-refractivity contribution is 0.474. The van der Waals surface area contributed by atoms with Crippen LogP contribution in [0.4, 0.5) is 5.69 Å². The summed E-state index contributed by atoms with van der Waals surface area (Å²) in [5.74, 6) is 0.702. The van der Waals surface area contributed by atoms with E-state index in [1.807, 2.05) is 60.7 Å². The minimum absolute atomic E-state index is 0.165. The van der Waals surface area contributed by atoms with Gasteiger partial charge >= 0.3 is 0 Å². The molecule has 0 atom stereocenters. The Hall–Kier alpha value is -3.53. The number of oxazole rings is 1. The molecule has 0 bridgehead atoms. The summed E-state index contributed by atoms with van der Waals surface area (Å²) in [7, 11) is 0. The van der Waals surface area contributed by atoms with Crippen molar-refractivity contribution in [3.05, 3.63) is 77.9 Å². The summed E-state index contributed by atoms with van der Waals surface area (Å²) in [6.45, 7) is 0. The van der Waals surface area contributed by atoms with Crippen molar-refractivity contribution < 1.29 is 9.52 Å². The third kappa shape index (κ3) is 3.23. The van der Waals surface area contributed by atoms with E-state index in [1.165, 1.54) is 0 Å². The molecule has 1 aromatic heterocycles. The molecule has 0 saturated heterocycles. The third-order valence-corrected chi connectivity index (χ3v) is 3.93. The van der Waals surface area contributed by atoms with Crippen molar-refractivity contribution in [1.82, 2.24) is 4.98 Å². The van der Waals surface area contributed by atoms with Crippen LogP contribution in [-0.4, -0.2) is 10.1 Å². The minimum atomic E-state index is 0.165. The molecule has 0 aliphatic heterocycles. The Bertz CT molecular complexity index is 1050. The Morgan fingerprint density at radius 1 is 0.840 bits per heavy atom. The number of anilines is 1. The van der Waals surface area contributed by atoms with Gasteiger partial charge in [0.25, 0.3) is 0 Å². The molecule has 4 aromatic rings. The van der Waals surface area contributed by atoms with Crippen LogP contribution in [0.3, 0.4) is 0 Å². The molecule has 0 unspecified atom stereocenters. The van der Waals surface area contributed by atoms with E-state index in [2.05, 4.69) is 4.98 Å². The molecule has 0 amide bonds. The molecule has 0 radical (unpaired) electrons. The van der Waals surface area contributed by atoms with Gasteiger partial charge in [-0.25, -0.2) is 4.98 Å². The van der Waals surface area contributed by atoms with Gasteiger partial charge in [-0.1, -0.05) is 36.4 Å². The first-order valence-corrected chi connectivity index (χ1v) is 7.91. The van der Waals surface area contributed by atoms with E-state index >= 15 is 0 Å². The van der Waals surface area contributed by atoms with E-state index in [4.69, 9.17) is 10.2 Å². The van der Waals surface area contributed by atoms with Gasteiger partial charge in [0.15, 0.2) is 5.58 Å². The number of fused-ring (bicyclic) bond motifs is 1. The van der Waals surface area contributed by atoms with Gasteiger partial charge in [-0.3, -0.25) is 0 Å². The van der Waals surface area contributed by atoms with Crippen molar-refractivity contribution in [2.75, 3.05) is 5.73 Å². The van der Waals surface area contributed by atoms with Crippen molar-refractivity contribution in [1.29, 1.82) is 0 Å². The van der Waals surface area contributed by atoms with Crippen molar-refractivity contribution in [2.45, 2.75) is 0 Å². The predicted octanol–water partition coefficient (Wildman–Crippen LogP) is 4.95. The number of nitrogens with two attached hydrogens (primary N) is 1. The second-order valence-corrected chi connectivity index (χ2v) is 5.79. The number of benzene rings is 3. The fourth-order valence-electron chi connectivity index (χ4n) is 2.57. The monoisotopic (exact) mass is 328 g/mol. The molecule has 3 N–H and O–H groups in total. The highest BCUT2D eigenvalue weighted by Gasteiger charge is 2.08. The molecular weight excluding hydrogens is 312 g/mol. The van der Waals surface area contributed by atoms with Crippen LogP contribution in [0, 0.1) is 0 Å². The highest BCUT2D eigenvalue weighted by atomic mass is 16.3. The average molecular weight is 328 g/mol. The number of nitrogen functional groups attached to an aromatic ring is 1. The summed E-state index contributed by atoms with van der Waals surface area (Å²) in [6, 6.07) is 20.6. The number of hydrogen-bond acceptors (Lipinski definition) is 4. The van der Waals surface area contributed by atoms with E-state index < -0.39 is 0 Å². The number of phenolic OH excluding ortho intramolecular Hbond substituents is 1. The first-order valence-electron chi connectivity index (χ1n) is 7.91. The van der Waals surface area contributed by atoms with Gasteiger partial charge in [-0.05, 0) is 47.5 Å². The van der Waals surface area contributed by atoms with Gasteiger partial charge in [0.05, 0.1) is 0 Å². The SMILES string of the molecule is Nc1ccc(/C=C/c2ccc(-c3nc4ccc(O)cc4o3)cc2)cc1. The molecular formula is C21H16N2O2. The van der Waals surface area contributed by atoms with Crippen LogP contribution in [0.1, 0.15) is 11.1 Å². The van der Waals surface area contributed by atoms with E-state index in [-0.39, 0.29) is 5.75 Å². The molecule has 4 rings (SSSR count). The van der Waals surface area contributed by atoms with Crippen LogP contribution in [0.25, 0.3) is 34.7 Å². The van der Waals surface area contributed by atoms with Crippen LogP contribution in [0.5, 0.6) is 5.75 Å². The molecule has 0 fully saturated rings. The zero-order chi connectivity index (χ0) is 17.2. The zero-order valence-electron chi connectivity index (χ0n) is 13.4. The summed E-state index contributed by atoms with van der Waals surface area (Å²) < 4.78 is 5.71. The Labute approximate surface area is 144 Å². The number of rotatable bonds is 3. The van der Waals surface area contributed by atoms with Crippen LogP contribution < -0.4 is 5.73 Å². The van der Waals surface area contributed by atoms with Gasteiger partial charge in [-0.2, -0.15) is 0 Å². The summed E-state index contributed by atoms with van der Waals surface area (Å²) in [6.07, 6.45) is 4.08. The number of hydrogen-bond donors (Lipinski definition) is 2. The number of aromatic nitrogens is 1. The number of phenols is 1. The van der Waals surface area contributed by atoms with Crippen molar-refractivity contribution in [2.24, 2.45) is 0 Å². The smallest absolute Gasteiger partial charge is 0.227 e. The topological polar surface area (TPSA) is 72.3 Å². The molecule has 0 saturated carbocycles. The highest BCUT2D eigenvalue weighted by Crippen LogP contribution is 2.27. The Morgan fingerprint density at radius 3 is 2.16 bits per heavy atom. The Balaban J connectivity index is 1.57. The molecule has 0 aliphatic carbocycles. The van der Waals surface area contributed by atoms with Crippen LogP contribution in [-0.2, 0) is 0 Å². The minimum Gasteiger partial charge on any atom is -0.508 e. The maximum Gasteiger partial charge on any atom is 0.227 e. The summed E-state index contributed by atoms with van der Waals surface area (Å²) in [5.41, 5.74) is 10.8.